The molecule has 1 aliphatic rings. The Labute approximate surface area is 193 Å². The monoisotopic (exact) mass is 451 g/mol. The lowest BCUT2D eigenvalue weighted by molar-refractivity contribution is -0.140. The first-order valence-corrected chi connectivity index (χ1v) is 11.0. The highest BCUT2D eigenvalue weighted by atomic mass is 16.4. The quantitative estimate of drug-likeness (QED) is 0.452. The van der Waals surface area contributed by atoms with Crippen LogP contribution in [0.3, 0.4) is 0 Å². The summed E-state index contributed by atoms with van der Waals surface area (Å²) in [5, 5.41) is 15.5. The standard InChI is InChI=1S/C25H29N3O5/c1-16(2)14-21(22(29)26-15-17-8-4-3-5-9-17)27-20(25(32)33)12-13-28-23(30)18-10-6-7-11-19(18)24(28)31/h3-11,16,20-21,27H,12-15H2,1-2H3,(H,26,29)(H,32,33). The highest BCUT2D eigenvalue weighted by Gasteiger charge is 2.36. The summed E-state index contributed by atoms with van der Waals surface area (Å²) in [6.07, 6.45) is 0.429. The van der Waals surface area contributed by atoms with Crippen LogP contribution in [0, 0.1) is 5.92 Å². The second-order valence-corrected chi connectivity index (χ2v) is 8.54. The number of carbonyl (C=O) groups is 4. The van der Waals surface area contributed by atoms with Gasteiger partial charge in [-0.05, 0) is 36.5 Å². The van der Waals surface area contributed by atoms with E-state index in [1.165, 1.54) is 0 Å². The maximum Gasteiger partial charge on any atom is 0.320 e. The molecule has 0 saturated heterocycles. The van der Waals surface area contributed by atoms with Crippen molar-refractivity contribution in [3.05, 3.63) is 71.3 Å². The lowest BCUT2D eigenvalue weighted by Crippen LogP contribution is -2.52. The van der Waals surface area contributed by atoms with E-state index in [0.29, 0.717) is 24.1 Å². The van der Waals surface area contributed by atoms with Crippen LogP contribution in [0.1, 0.15) is 53.0 Å². The van der Waals surface area contributed by atoms with Gasteiger partial charge in [-0.15, -0.1) is 0 Å². The summed E-state index contributed by atoms with van der Waals surface area (Å²) in [5.74, 6) is -2.15. The predicted molar refractivity (Wildman–Crippen MR) is 123 cm³/mol. The van der Waals surface area contributed by atoms with Gasteiger partial charge < -0.3 is 10.4 Å². The first-order chi connectivity index (χ1) is 15.8. The third kappa shape index (κ3) is 6.04. The minimum absolute atomic E-state index is 0.0125. The van der Waals surface area contributed by atoms with Crippen LogP contribution in [0.4, 0.5) is 0 Å². The van der Waals surface area contributed by atoms with Gasteiger partial charge in [0.15, 0.2) is 0 Å². The molecule has 0 spiro atoms. The minimum Gasteiger partial charge on any atom is -0.480 e. The van der Waals surface area contributed by atoms with E-state index < -0.39 is 29.9 Å². The zero-order valence-electron chi connectivity index (χ0n) is 18.8. The van der Waals surface area contributed by atoms with Crippen molar-refractivity contribution in [1.82, 2.24) is 15.5 Å². The summed E-state index contributed by atoms with van der Waals surface area (Å²) in [6, 6.07) is 14.1. The van der Waals surface area contributed by atoms with Gasteiger partial charge in [0.25, 0.3) is 11.8 Å². The van der Waals surface area contributed by atoms with Crippen molar-refractivity contribution in [3.63, 3.8) is 0 Å². The van der Waals surface area contributed by atoms with Crippen molar-refractivity contribution < 1.29 is 24.3 Å². The number of carboxylic acids is 1. The van der Waals surface area contributed by atoms with Crippen molar-refractivity contribution in [2.75, 3.05) is 6.54 Å². The Hall–Kier alpha value is -3.52. The highest BCUT2D eigenvalue weighted by molar-refractivity contribution is 6.21. The third-order valence-electron chi connectivity index (χ3n) is 5.55. The maximum absolute atomic E-state index is 12.8. The number of nitrogens with zero attached hydrogens (tertiary/aromatic N) is 1. The Bertz CT molecular complexity index is 987. The molecule has 3 rings (SSSR count). The molecule has 2 aromatic carbocycles. The SMILES string of the molecule is CC(C)CC(NC(CCN1C(=O)c2ccccc2C1=O)C(=O)O)C(=O)NCc1ccccc1. The Morgan fingerprint density at radius 1 is 0.909 bits per heavy atom. The number of benzene rings is 2. The molecule has 2 unspecified atom stereocenters. The molecule has 1 heterocycles. The molecular weight excluding hydrogens is 422 g/mol. The number of rotatable bonds is 11. The zero-order valence-corrected chi connectivity index (χ0v) is 18.8. The molecular formula is C25H29N3O5. The number of nitrogens with one attached hydrogen (secondary N) is 2. The average molecular weight is 452 g/mol. The number of hydrogen-bond donors (Lipinski definition) is 3. The van der Waals surface area contributed by atoms with Crippen LogP contribution in [0.2, 0.25) is 0 Å². The number of fused-ring (bicyclic) bond motifs is 1. The molecule has 8 heteroatoms. The second kappa shape index (κ2) is 10.9. The molecule has 3 N–H and O–H groups in total. The van der Waals surface area contributed by atoms with Gasteiger partial charge in [0.05, 0.1) is 17.2 Å². The number of hydrogen-bond acceptors (Lipinski definition) is 5. The number of imide groups is 1. The Balaban J connectivity index is 1.64. The summed E-state index contributed by atoms with van der Waals surface area (Å²) < 4.78 is 0. The molecule has 0 fully saturated rings. The van der Waals surface area contributed by atoms with E-state index in [1.807, 2.05) is 44.2 Å². The Morgan fingerprint density at radius 2 is 1.48 bits per heavy atom. The van der Waals surface area contributed by atoms with Crippen LogP contribution >= 0.6 is 0 Å². The number of carboxylic acid groups (broad SMARTS) is 1. The number of carbonyl (C=O) groups excluding carboxylic acids is 3. The molecule has 1 aliphatic heterocycles. The van der Waals surface area contributed by atoms with Gasteiger partial charge in [0.2, 0.25) is 5.91 Å². The van der Waals surface area contributed by atoms with Crippen molar-refractivity contribution in [1.29, 1.82) is 0 Å². The second-order valence-electron chi connectivity index (χ2n) is 8.54. The molecule has 0 radical (unpaired) electrons. The molecule has 174 valence electrons. The van der Waals surface area contributed by atoms with Gasteiger partial charge in [-0.2, -0.15) is 0 Å². The summed E-state index contributed by atoms with van der Waals surface area (Å²) in [7, 11) is 0. The Morgan fingerprint density at radius 3 is 2.03 bits per heavy atom. The molecule has 3 amide bonds. The van der Waals surface area contributed by atoms with Gasteiger partial charge in [0.1, 0.15) is 6.04 Å². The van der Waals surface area contributed by atoms with E-state index in [2.05, 4.69) is 10.6 Å². The molecule has 8 nitrogen and oxygen atoms in total. The summed E-state index contributed by atoms with van der Waals surface area (Å²) in [6.45, 7) is 4.18. The first-order valence-electron chi connectivity index (χ1n) is 11.0. The highest BCUT2D eigenvalue weighted by Crippen LogP contribution is 2.22. The van der Waals surface area contributed by atoms with E-state index in [1.54, 1.807) is 24.3 Å². The topological polar surface area (TPSA) is 116 Å². The van der Waals surface area contributed by atoms with Gasteiger partial charge >= 0.3 is 5.97 Å². The third-order valence-corrected chi connectivity index (χ3v) is 5.55. The van der Waals surface area contributed by atoms with Crippen molar-refractivity contribution in [2.45, 2.75) is 45.3 Å². The normalized spacial score (nSPS) is 14.8. The lowest BCUT2D eigenvalue weighted by Gasteiger charge is -2.25. The molecule has 33 heavy (non-hydrogen) atoms. The van der Waals surface area contributed by atoms with Crippen LogP contribution in [-0.2, 0) is 16.1 Å². The molecule has 0 aliphatic carbocycles. The van der Waals surface area contributed by atoms with Crippen molar-refractivity contribution in [3.8, 4) is 0 Å². The van der Waals surface area contributed by atoms with Crippen molar-refractivity contribution in [2.24, 2.45) is 5.92 Å². The number of amides is 3. The zero-order chi connectivity index (χ0) is 24.0. The summed E-state index contributed by atoms with van der Waals surface area (Å²) in [4.78, 5) is 50.9. The fourth-order valence-electron chi connectivity index (χ4n) is 3.85. The van der Waals surface area contributed by atoms with Gasteiger partial charge in [-0.3, -0.25) is 29.4 Å². The number of aliphatic carboxylic acids is 1. The van der Waals surface area contributed by atoms with Crippen LogP contribution in [0.5, 0.6) is 0 Å². The van der Waals surface area contributed by atoms with E-state index in [4.69, 9.17) is 0 Å². The van der Waals surface area contributed by atoms with E-state index in [9.17, 15) is 24.3 Å². The summed E-state index contributed by atoms with van der Waals surface area (Å²) in [5.41, 5.74) is 1.58. The molecule has 0 bridgehead atoms. The Kier molecular flexibility index (Phi) is 7.95. The van der Waals surface area contributed by atoms with Crippen molar-refractivity contribution >= 4 is 23.7 Å². The molecule has 2 atom stereocenters. The van der Waals surface area contributed by atoms with Crippen LogP contribution < -0.4 is 10.6 Å². The minimum atomic E-state index is -1.14. The fourth-order valence-corrected chi connectivity index (χ4v) is 3.85. The van der Waals surface area contributed by atoms with E-state index in [-0.39, 0.29) is 24.8 Å². The lowest BCUT2D eigenvalue weighted by atomic mass is 10.0. The van der Waals surface area contributed by atoms with Gasteiger partial charge in [-0.25, -0.2) is 0 Å². The molecule has 2 aromatic rings. The van der Waals surface area contributed by atoms with E-state index in [0.717, 1.165) is 10.5 Å². The fraction of sp³-hybridized carbons (Fsp3) is 0.360. The van der Waals surface area contributed by atoms with Crippen LogP contribution in [0.25, 0.3) is 0 Å². The first kappa shape index (κ1) is 24.1. The van der Waals surface area contributed by atoms with Gasteiger partial charge in [-0.1, -0.05) is 56.3 Å². The van der Waals surface area contributed by atoms with Gasteiger partial charge in [0, 0.05) is 13.1 Å². The smallest absolute Gasteiger partial charge is 0.320 e. The largest absolute Gasteiger partial charge is 0.480 e. The molecule has 0 aromatic heterocycles. The van der Waals surface area contributed by atoms with Crippen LogP contribution in [0.15, 0.2) is 54.6 Å². The summed E-state index contributed by atoms with van der Waals surface area (Å²) >= 11 is 0. The molecule has 0 saturated carbocycles. The average Bonchev–Trinajstić information content (AvgIpc) is 3.04. The van der Waals surface area contributed by atoms with E-state index >= 15 is 0 Å². The maximum atomic E-state index is 12.8. The van der Waals surface area contributed by atoms with Crippen LogP contribution in [-0.4, -0.2) is 52.3 Å². The predicted octanol–water partition coefficient (Wildman–Crippen LogP) is 2.45.